The van der Waals surface area contributed by atoms with Gasteiger partial charge in [-0.2, -0.15) is 0 Å². The van der Waals surface area contributed by atoms with Crippen LogP contribution in [0.25, 0.3) is 144 Å². The van der Waals surface area contributed by atoms with E-state index >= 15 is 0 Å². The maximum atomic E-state index is 5.54. The molecule has 2 aliphatic rings. The van der Waals surface area contributed by atoms with Gasteiger partial charge in [0, 0.05) is 54.6 Å². The number of hydrogen-bond acceptors (Lipinski definition) is 1. The summed E-state index contributed by atoms with van der Waals surface area (Å²) in [7, 11) is 0. The minimum atomic E-state index is -0.429. The quantitative estimate of drug-likeness (QED) is 0.152. The van der Waals surface area contributed by atoms with Gasteiger partial charge in [-0.1, -0.05) is 237 Å². The molecule has 0 bridgehead atoms. The molecular weight excluding hydrogens is 1000 g/mol. The van der Waals surface area contributed by atoms with Crippen molar-refractivity contribution in [2.75, 3.05) is 0 Å². The van der Waals surface area contributed by atoms with Gasteiger partial charge < -0.3 is 9.13 Å². The molecule has 0 atom stereocenters. The molecule has 0 N–H and O–H groups in total. The molecule has 0 fully saturated rings. The Hall–Kier alpha value is -10.9. The van der Waals surface area contributed by atoms with Crippen molar-refractivity contribution in [3.05, 3.63) is 320 Å². The third-order valence-electron chi connectivity index (χ3n) is 18.3. The number of pyridine rings is 1. The van der Waals surface area contributed by atoms with Crippen LogP contribution < -0.4 is 0 Å². The second-order valence-electron chi connectivity index (χ2n) is 22.5. The summed E-state index contributed by atoms with van der Waals surface area (Å²) in [5, 5.41) is 8.53. The second kappa shape index (κ2) is 17.6. The van der Waals surface area contributed by atoms with Gasteiger partial charge in [-0.25, -0.2) is 4.98 Å². The molecule has 3 nitrogen and oxygen atoms in total. The lowest BCUT2D eigenvalue weighted by Crippen LogP contribution is -2.25. The number of benzene rings is 13. The van der Waals surface area contributed by atoms with E-state index in [1.807, 2.05) is 0 Å². The van der Waals surface area contributed by atoms with E-state index in [2.05, 4.69) is 306 Å². The van der Waals surface area contributed by atoms with Crippen LogP contribution in [0.2, 0.25) is 0 Å². The summed E-state index contributed by atoms with van der Waals surface area (Å²) in [5.74, 6) is 0. The van der Waals surface area contributed by atoms with Crippen LogP contribution in [0.3, 0.4) is 0 Å². The van der Waals surface area contributed by atoms with Gasteiger partial charge in [0.25, 0.3) is 0 Å². The van der Waals surface area contributed by atoms with Gasteiger partial charge in [0.15, 0.2) is 0 Å². The van der Waals surface area contributed by atoms with E-state index in [4.69, 9.17) is 4.98 Å². The topological polar surface area (TPSA) is 22.8 Å². The molecule has 384 valence electrons. The third kappa shape index (κ3) is 6.53. The zero-order valence-electron chi connectivity index (χ0n) is 45.1. The van der Waals surface area contributed by atoms with Gasteiger partial charge in [-0.15, -0.1) is 0 Å². The van der Waals surface area contributed by atoms with E-state index in [0.29, 0.717) is 0 Å². The molecule has 2 aliphatic carbocycles. The van der Waals surface area contributed by atoms with Crippen molar-refractivity contribution in [1.82, 2.24) is 14.1 Å². The average molecular weight is 1050 g/mol. The first kappa shape index (κ1) is 45.9. The Morgan fingerprint density at radius 1 is 0.253 bits per heavy atom. The monoisotopic (exact) mass is 1050 g/mol. The van der Waals surface area contributed by atoms with Crippen molar-refractivity contribution >= 4 is 65.3 Å². The number of fused-ring (bicyclic) bond motifs is 20. The van der Waals surface area contributed by atoms with E-state index in [0.717, 1.165) is 44.7 Å². The summed E-state index contributed by atoms with van der Waals surface area (Å²) in [6, 6.07) is 110. The van der Waals surface area contributed by atoms with Crippen LogP contribution in [-0.4, -0.2) is 14.1 Å². The molecule has 83 heavy (non-hydrogen) atoms. The summed E-state index contributed by atoms with van der Waals surface area (Å²) < 4.78 is 4.87. The molecule has 3 aromatic heterocycles. The summed E-state index contributed by atoms with van der Waals surface area (Å²) in [6.45, 7) is 0. The molecule has 0 unspecified atom stereocenters. The minimum absolute atomic E-state index is 0.429. The van der Waals surface area contributed by atoms with Gasteiger partial charge >= 0.3 is 0 Å². The Balaban J connectivity index is 0.747. The van der Waals surface area contributed by atoms with E-state index in [1.165, 1.54) is 121 Å². The molecule has 0 amide bonds. The van der Waals surface area contributed by atoms with Crippen LogP contribution >= 0.6 is 0 Å². The maximum absolute atomic E-state index is 5.54. The third-order valence-corrected chi connectivity index (χ3v) is 18.3. The van der Waals surface area contributed by atoms with Crippen molar-refractivity contribution in [2.24, 2.45) is 0 Å². The summed E-state index contributed by atoms with van der Waals surface area (Å²) in [4.78, 5) is 5.54. The van der Waals surface area contributed by atoms with Crippen molar-refractivity contribution in [3.8, 4) is 78.3 Å². The van der Waals surface area contributed by atoms with Crippen LogP contribution in [0.5, 0.6) is 0 Å². The molecule has 18 rings (SSSR count). The van der Waals surface area contributed by atoms with Crippen LogP contribution in [0, 0.1) is 0 Å². The maximum Gasteiger partial charge on any atom is 0.0788 e. The lowest BCUT2D eigenvalue weighted by molar-refractivity contribution is 0.794. The minimum Gasteiger partial charge on any atom is -0.309 e. The van der Waals surface area contributed by atoms with Crippen molar-refractivity contribution in [3.63, 3.8) is 0 Å². The highest BCUT2D eigenvalue weighted by atomic mass is 15.0. The molecule has 0 aliphatic heterocycles. The number of nitrogens with zero attached hydrogens (tertiary/aromatic N) is 3. The molecule has 1 spiro atoms. The van der Waals surface area contributed by atoms with Crippen molar-refractivity contribution in [2.45, 2.75) is 5.41 Å². The average Bonchev–Trinajstić information content (AvgIpc) is 1.65. The SMILES string of the molecule is c1ccc(-c2cccc(-n3c4ccccc4c4ccc(-c5ccc6c7ccccc7n(-c7ccc(-c8cccc(-c9nc%10ccccc%10c%10c%11c(ccc9%10)C9(c%10ccccc%10-c%10ccccc%109)c9ccccc9-%11)c8)cc7)c6c5)cc43)c2)cc1. The van der Waals surface area contributed by atoms with E-state index < -0.39 is 5.41 Å². The Bertz CT molecular complexity index is 5340. The van der Waals surface area contributed by atoms with Gasteiger partial charge in [0.1, 0.15) is 0 Å². The number of para-hydroxylation sites is 3. The van der Waals surface area contributed by atoms with E-state index in [9.17, 15) is 0 Å². The molecule has 0 radical (unpaired) electrons. The molecule has 0 saturated carbocycles. The molecule has 3 heterocycles. The predicted octanol–water partition coefficient (Wildman–Crippen LogP) is 20.6. The summed E-state index contributed by atoms with van der Waals surface area (Å²) in [6.07, 6.45) is 0. The second-order valence-corrected chi connectivity index (χ2v) is 22.5. The highest BCUT2D eigenvalue weighted by molar-refractivity contribution is 6.20. The smallest absolute Gasteiger partial charge is 0.0788 e. The lowest BCUT2D eigenvalue weighted by Gasteiger charge is -2.30. The highest BCUT2D eigenvalue weighted by Crippen LogP contribution is 2.64. The normalized spacial score (nSPS) is 12.9. The predicted molar refractivity (Wildman–Crippen MR) is 346 cm³/mol. The van der Waals surface area contributed by atoms with Gasteiger partial charge in [0.05, 0.1) is 38.7 Å². The summed E-state index contributed by atoms with van der Waals surface area (Å²) >= 11 is 0. The van der Waals surface area contributed by atoms with Gasteiger partial charge in [-0.05, 0) is 139 Å². The molecule has 16 aromatic rings. The first-order valence-electron chi connectivity index (χ1n) is 28.8. The molecule has 13 aromatic carbocycles. The Labute approximate surface area is 479 Å². The largest absolute Gasteiger partial charge is 0.309 e. The highest BCUT2D eigenvalue weighted by Gasteiger charge is 2.52. The van der Waals surface area contributed by atoms with Crippen LogP contribution in [-0.2, 0) is 5.41 Å². The Morgan fingerprint density at radius 3 is 1.39 bits per heavy atom. The first-order valence-corrected chi connectivity index (χ1v) is 28.8. The number of rotatable bonds is 6. The Kier molecular flexibility index (Phi) is 9.72. The van der Waals surface area contributed by atoms with Gasteiger partial charge in [0.2, 0.25) is 0 Å². The fraction of sp³-hybridized carbons (Fsp3) is 0.0125. The first-order chi connectivity index (χ1) is 41.2. The van der Waals surface area contributed by atoms with E-state index in [-0.39, 0.29) is 0 Å². The van der Waals surface area contributed by atoms with Crippen molar-refractivity contribution < 1.29 is 0 Å². The molecule has 3 heteroatoms. The summed E-state index contributed by atoms with van der Waals surface area (Å²) in [5.41, 5.74) is 27.3. The van der Waals surface area contributed by atoms with E-state index in [1.54, 1.807) is 0 Å². The lowest BCUT2D eigenvalue weighted by atomic mass is 9.70. The van der Waals surface area contributed by atoms with Gasteiger partial charge in [-0.3, -0.25) is 0 Å². The van der Waals surface area contributed by atoms with Crippen LogP contribution in [0.1, 0.15) is 22.3 Å². The molecule has 0 saturated heterocycles. The Morgan fingerprint density at radius 2 is 0.711 bits per heavy atom. The molecular formula is C80H49N3. The zero-order valence-corrected chi connectivity index (χ0v) is 45.1. The fourth-order valence-corrected chi connectivity index (χ4v) is 14.8. The number of aromatic nitrogens is 3. The van der Waals surface area contributed by atoms with Crippen LogP contribution in [0.15, 0.2) is 297 Å². The fourth-order valence-electron chi connectivity index (χ4n) is 14.8. The van der Waals surface area contributed by atoms with Crippen LogP contribution in [0.4, 0.5) is 0 Å². The van der Waals surface area contributed by atoms with Crippen molar-refractivity contribution in [1.29, 1.82) is 0 Å². The standard InChI is InChI=1S/C80H49N3/c1-2-18-50(19-3-1)53-21-17-23-58(47-53)83-74-35-15-9-27-62(74)64-43-39-55(49-76(64)83)54-38-42-63-61-26-8-14-34-73(61)82(75(63)48-54)57-40-36-51(37-41-57)52-20-16-22-56(46-52)79-67-44-45-71-78(77(67)66-29-7-13-33-72(66)81-79)65-28-6-12-32-70(65)80(71)68-30-10-4-24-59(68)60-25-5-11-31-69(60)80/h1-49H. The number of hydrogen-bond donors (Lipinski definition) is 0. The zero-order chi connectivity index (χ0) is 54.3.